The van der Waals surface area contributed by atoms with Crippen molar-refractivity contribution in [3.8, 4) is 0 Å². The standard InChI is InChI=1S/C14H24N2O4/c1-13(5-7-20-8-6-13)9-15-12(19)16-10-14(11(17)18)3-2-4-14/h2-10H2,1H3,(H,17,18)(H2,15,16,19). The first kappa shape index (κ1) is 15.1. The Morgan fingerprint density at radius 1 is 1.10 bits per heavy atom. The number of carbonyl (C=O) groups excluding carboxylic acids is 1. The molecule has 1 aliphatic heterocycles. The van der Waals surface area contributed by atoms with Gasteiger partial charge in [0.05, 0.1) is 5.41 Å². The molecule has 6 nitrogen and oxygen atoms in total. The fraction of sp³-hybridized carbons (Fsp3) is 0.857. The number of urea groups is 1. The Morgan fingerprint density at radius 3 is 2.20 bits per heavy atom. The van der Waals surface area contributed by atoms with Crippen LogP contribution >= 0.6 is 0 Å². The number of carboxylic acid groups (broad SMARTS) is 1. The number of hydrogen-bond donors (Lipinski definition) is 3. The highest BCUT2D eigenvalue weighted by Crippen LogP contribution is 2.40. The van der Waals surface area contributed by atoms with E-state index in [1.54, 1.807) is 0 Å². The van der Waals surface area contributed by atoms with Gasteiger partial charge in [-0.05, 0) is 31.1 Å². The van der Waals surface area contributed by atoms with Crippen LogP contribution in [0.4, 0.5) is 4.79 Å². The molecule has 3 N–H and O–H groups in total. The lowest BCUT2D eigenvalue weighted by atomic mass is 9.69. The topological polar surface area (TPSA) is 87.7 Å². The number of carboxylic acids is 1. The first-order valence-electron chi connectivity index (χ1n) is 7.29. The predicted octanol–water partition coefficient (Wildman–Crippen LogP) is 1.36. The number of carbonyl (C=O) groups is 2. The Labute approximate surface area is 119 Å². The third-order valence-corrected chi connectivity index (χ3v) is 4.73. The number of aliphatic carboxylic acids is 1. The highest BCUT2D eigenvalue weighted by atomic mass is 16.5. The molecule has 114 valence electrons. The van der Waals surface area contributed by atoms with E-state index in [2.05, 4.69) is 17.6 Å². The average molecular weight is 284 g/mol. The number of rotatable bonds is 5. The van der Waals surface area contributed by atoms with Crippen molar-refractivity contribution >= 4 is 12.0 Å². The van der Waals surface area contributed by atoms with Crippen molar-refractivity contribution < 1.29 is 19.4 Å². The molecule has 0 unspecified atom stereocenters. The molecular weight excluding hydrogens is 260 g/mol. The van der Waals surface area contributed by atoms with Gasteiger partial charge in [0.15, 0.2) is 0 Å². The molecule has 2 amide bonds. The number of ether oxygens (including phenoxy) is 1. The third-order valence-electron chi connectivity index (χ3n) is 4.73. The summed E-state index contributed by atoms with van der Waals surface area (Å²) in [6.07, 6.45) is 4.10. The summed E-state index contributed by atoms with van der Waals surface area (Å²) in [5.74, 6) is -0.805. The SMILES string of the molecule is CC1(CNC(=O)NCC2(C(=O)O)CCC2)CCOCC1. The number of amides is 2. The van der Waals surface area contributed by atoms with E-state index in [0.29, 0.717) is 19.4 Å². The van der Waals surface area contributed by atoms with Gasteiger partial charge in [-0.3, -0.25) is 4.79 Å². The molecule has 0 aromatic carbocycles. The average Bonchev–Trinajstić information content (AvgIpc) is 2.36. The maximum absolute atomic E-state index is 11.8. The van der Waals surface area contributed by atoms with Crippen LogP contribution in [0.2, 0.25) is 0 Å². The van der Waals surface area contributed by atoms with Crippen molar-refractivity contribution in [2.24, 2.45) is 10.8 Å². The van der Waals surface area contributed by atoms with Crippen LogP contribution in [0.5, 0.6) is 0 Å². The van der Waals surface area contributed by atoms with Gasteiger partial charge in [0.25, 0.3) is 0 Å². The fourth-order valence-corrected chi connectivity index (χ4v) is 2.72. The molecule has 20 heavy (non-hydrogen) atoms. The number of hydrogen-bond acceptors (Lipinski definition) is 3. The van der Waals surface area contributed by atoms with E-state index >= 15 is 0 Å². The molecule has 1 heterocycles. The lowest BCUT2D eigenvalue weighted by Gasteiger charge is -2.38. The van der Waals surface area contributed by atoms with Crippen LogP contribution in [-0.2, 0) is 9.53 Å². The minimum Gasteiger partial charge on any atom is -0.481 e. The highest BCUT2D eigenvalue weighted by molar-refractivity contribution is 5.78. The summed E-state index contributed by atoms with van der Waals surface area (Å²) in [6.45, 7) is 4.43. The smallest absolute Gasteiger partial charge is 0.314 e. The maximum Gasteiger partial charge on any atom is 0.314 e. The first-order chi connectivity index (χ1) is 9.46. The van der Waals surface area contributed by atoms with Crippen molar-refractivity contribution in [2.75, 3.05) is 26.3 Å². The van der Waals surface area contributed by atoms with Gasteiger partial charge in [0.1, 0.15) is 0 Å². The quantitative estimate of drug-likeness (QED) is 0.711. The van der Waals surface area contributed by atoms with Crippen LogP contribution in [0.25, 0.3) is 0 Å². The summed E-state index contributed by atoms with van der Waals surface area (Å²) < 4.78 is 5.32. The summed E-state index contributed by atoms with van der Waals surface area (Å²) >= 11 is 0. The molecule has 1 saturated heterocycles. The Balaban J connectivity index is 1.71. The Kier molecular flexibility index (Phi) is 4.52. The number of nitrogens with one attached hydrogen (secondary N) is 2. The molecule has 0 spiro atoms. The zero-order valence-electron chi connectivity index (χ0n) is 12.0. The van der Waals surface area contributed by atoms with Crippen LogP contribution in [0, 0.1) is 10.8 Å². The largest absolute Gasteiger partial charge is 0.481 e. The summed E-state index contributed by atoms with van der Waals surface area (Å²) in [4.78, 5) is 23.0. The normalized spacial score (nSPS) is 23.4. The second-order valence-electron chi connectivity index (χ2n) is 6.40. The van der Waals surface area contributed by atoms with E-state index in [4.69, 9.17) is 4.74 Å². The molecule has 1 saturated carbocycles. The Bertz CT molecular complexity index is 373. The third kappa shape index (κ3) is 3.42. The van der Waals surface area contributed by atoms with Gasteiger partial charge in [0, 0.05) is 26.3 Å². The summed E-state index contributed by atoms with van der Waals surface area (Å²) in [5.41, 5.74) is -0.656. The second-order valence-corrected chi connectivity index (χ2v) is 6.40. The molecule has 1 aliphatic carbocycles. The molecule has 0 aromatic heterocycles. The van der Waals surface area contributed by atoms with Gasteiger partial charge in [-0.1, -0.05) is 13.3 Å². The van der Waals surface area contributed by atoms with Gasteiger partial charge in [0.2, 0.25) is 0 Å². The minimum absolute atomic E-state index is 0.0799. The van der Waals surface area contributed by atoms with E-state index in [1.807, 2.05) is 0 Å². The van der Waals surface area contributed by atoms with Crippen molar-refractivity contribution in [1.82, 2.24) is 10.6 Å². The lowest BCUT2D eigenvalue weighted by molar-refractivity contribution is -0.153. The zero-order chi connectivity index (χ0) is 14.6. The molecular formula is C14H24N2O4. The molecule has 6 heteroatoms. The molecule has 0 aromatic rings. The van der Waals surface area contributed by atoms with Crippen LogP contribution < -0.4 is 10.6 Å². The van der Waals surface area contributed by atoms with Gasteiger partial charge < -0.3 is 20.5 Å². The maximum atomic E-state index is 11.8. The zero-order valence-corrected chi connectivity index (χ0v) is 12.0. The van der Waals surface area contributed by atoms with Crippen molar-refractivity contribution in [3.05, 3.63) is 0 Å². The van der Waals surface area contributed by atoms with Crippen molar-refractivity contribution in [1.29, 1.82) is 0 Å². The summed E-state index contributed by atoms with van der Waals surface area (Å²) in [6, 6.07) is -0.273. The van der Waals surface area contributed by atoms with E-state index < -0.39 is 11.4 Å². The van der Waals surface area contributed by atoms with Gasteiger partial charge in [-0.25, -0.2) is 4.79 Å². The molecule has 2 fully saturated rings. The first-order valence-corrected chi connectivity index (χ1v) is 7.29. The van der Waals surface area contributed by atoms with Gasteiger partial charge >= 0.3 is 12.0 Å². The summed E-state index contributed by atoms with van der Waals surface area (Å²) in [7, 11) is 0. The molecule has 2 aliphatic rings. The minimum atomic E-state index is -0.805. The van der Waals surface area contributed by atoms with Gasteiger partial charge in [-0.2, -0.15) is 0 Å². The van der Waals surface area contributed by atoms with Crippen LogP contribution in [0.1, 0.15) is 39.0 Å². The molecule has 0 atom stereocenters. The van der Waals surface area contributed by atoms with Crippen molar-refractivity contribution in [2.45, 2.75) is 39.0 Å². The molecule has 2 rings (SSSR count). The van der Waals surface area contributed by atoms with E-state index in [-0.39, 0.29) is 18.0 Å². The van der Waals surface area contributed by atoms with Crippen LogP contribution in [-0.4, -0.2) is 43.4 Å². The fourth-order valence-electron chi connectivity index (χ4n) is 2.72. The Morgan fingerprint density at radius 2 is 1.70 bits per heavy atom. The molecule has 0 bridgehead atoms. The predicted molar refractivity (Wildman–Crippen MR) is 73.5 cm³/mol. The van der Waals surface area contributed by atoms with E-state index in [1.165, 1.54) is 0 Å². The lowest BCUT2D eigenvalue weighted by Crippen LogP contribution is -2.51. The summed E-state index contributed by atoms with van der Waals surface area (Å²) in [5, 5.41) is 14.7. The molecule has 0 radical (unpaired) electrons. The van der Waals surface area contributed by atoms with Crippen molar-refractivity contribution in [3.63, 3.8) is 0 Å². The van der Waals surface area contributed by atoms with Crippen LogP contribution in [0.3, 0.4) is 0 Å². The van der Waals surface area contributed by atoms with Crippen LogP contribution in [0.15, 0.2) is 0 Å². The second kappa shape index (κ2) is 5.99. The monoisotopic (exact) mass is 284 g/mol. The Hall–Kier alpha value is -1.30. The van der Waals surface area contributed by atoms with Gasteiger partial charge in [-0.15, -0.1) is 0 Å². The highest BCUT2D eigenvalue weighted by Gasteiger charge is 2.44. The van der Waals surface area contributed by atoms with E-state index in [9.17, 15) is 14.7 Å². The van der Waals surface area contributed by atoms with E-state index in [0.717, 1.165) is 32.5 Å².